The van der Waals surface area contributed by atoms with Crippen LogP contribution in [-0.4, -0.2) is 9.78 Å². The third-order valence-electron chi connectivity index (χ3n) is 2.83. The van der Waals surface area contributed by atoms with E-state index in [9.17, 15) is 0 Å². The normalized spacial score (nSPS) is 10.7. The Balaban J connectivity index is 2.15. The Kier molecular flexibility index (Phi) is 3.97. The van der Waals surface area contributed by atoms with Crippen molar-refractivity contribution in [2.45, 2.75) is 20.4 Å². The van der Waals surface area contributed by atoms with Crippen molar-refractivity contribution in [3.8, 4) is 0 Å². The molecule has 1 aromatic carbocycles. The number of hydrogen-bond donors (Lipinski definition) is 1. The quantitative estimate of drug-likeness (QED) is 0.920. The Morgan fingerprint density at radius 2 is 2.11 bits per heavy atom. The van der Waals surface area contributed by atoms with Gasteiger partial charge in [0, 0.05) is 34.8 Å². The molecular formula is C13H15BrClN3. The molecule has 0 aliphatic rings. The lowest BCUT2D eigenvalue weighted by molar-refractivity contribution is 0.756. The first-order chi connectivity index (χ1) is 8.47. The minimum atomic E-state index is 0.734. The molecule has 0 amide bonds. The molecule has 0 aliphatic carbocycles. The summed E-state index contributed by atoms with van der Waals surface area (Å²) in [7, 11) is 1.93. The van der Waals surface area contributed by atoms with E-state index < -0.39 is 0 Å². The van der Waals surface area contributed by atoms with Crippen molar-refractivity contribution < 1.29 is 0 Å². The molecule has 18 heavy (non-hydrogen) atoms. The predicted molar refractivity (Wildman–Crippen MR) is 79.2 cm³/mol. The van der Waals surface area contributed by atoms with E-state index in [0.29, 0.717) is 0 Å². The van der Waals surface area contributed by atoms with Gasteiger partial charge in [-0.2, -0.15) is 5.10 Å². The lowest BCUT2D eigenvalue weighted by atomic mass is 10.2. The van der Waals surface area contributed by atoms with E-state index in [0.717, 1.165) is 33.0 Å². The van der Waals surface area contributed by atoms with E-state index in [2.05, 4.69) is 26.3 Å². The predicted octanol–water partition coefficient (Wildman–Crippen LogP) is 4.06. The molecular weight excluding hydrogens is 314 g/mol. The van der Waals surface area contributed by atoms with E-state index in [-0.39, 0.29) is 0 Å². The van der Waals surface area contributed by atoms with E-state index in [1.165, 1.54) is 5.56 Å². The molecule has 1 heterocycles. The summed E-state index contributed by atoms with van der Waals surface area (Å²) in [6.07, 6.45) is 2.02. The summed E-state index contributed by atoms with van der Waals surface area (Å²) in [4.78, 5) is 0. The number of anilines is 1. The van der Waals surface area contributed by atoms with Crippen LogP contribution in [-0.2, 0) is 13.6 Å². The fourth-order valence-corrected chi connectivity index (χ4v) is 2.56. The van der Waals surface area contributed by atoms with Gasteiger partial charge in [0.1, 0.15) is 0 Å². The van der Waals surface area contributed by atoms with Crippen LogP contribution >= 0.6 is 27.5 Å². The first-order valence-corrected chi connectivity index (χ1v) is 6.83. The van der Waals surface area contributed by atoms with Crippen LogP contribution in [0.2, 0.25) is 5.02 Å². The largest absolute Gasteiger partial charge is 0.380 e. The van der Waals surface area contributed by atoms with Crippen LogP contribution in [0.1, 0.15) is 16.8 Å². The summed E-state index contributed by atoms with van der Waals surface area (Å²) in [5.41, 5.74) is 4.28. The third-order valence-corrected chi connectivity index (χ3v) is 3.90. The van der Waals surface area contributed by atoms with Gasteiger partial charge in [0.05, 0.1) is 11.4 Å². The molecule has 0 bridgehead atoms. The lowest BCUT2D eigenvalue weighted by Crippen LogP contribution is -2.01. The van der Waals surface area contributed by atoms with Crippen LogP contribution < -0.4 is 5.32 Å². The van der Waals surface area contributed by atoms with Gasteiger partial charge in [0.15, 0.2) is 0 Å². The highest BCUT2D eigenvalue weighted by Gasteiger charge is 2.06. The van der Waals surface area contributed by atoms with E-state index in [1.807, 2.05) is 43.9 Å². The number of hydrogen-bond acceptors (Lipinski definition) is 2. The van der Waals surface area contributed by atoms with Gasteiger partial charge in [-0.3, -0.25) is 4.68 Å². The second kappa shape index (κ2) is 5.33. The number of halogens is 2. The Morgan fingerprint density at radius 3 is 2.72 bits per heavy atom. The topological polar surface area (TPSA) is 29.9 Å². The van der Waals surface area contributed by atoms with E-state index >= 15 is 0 Å². The molecule has 0 fully saturated rings. The average molecular weight is 329 g/mol. The Hall–Kier alpha value is -1.000. The molecule has 1 aromatic heterocycles. The number of aromatic nitrogens is 2. The molecule has 0 aliphatic heterocycles. The van der Waals surface area contributed by atoms with Crippen molar-refractivity contribution in [3.63, 3.8) is 0 Å². The van der Waals surface area contributed by atoms with Crippen molar-refractivity contribution in [2.75, 3.05) is 5.32 Å². The zero-order valence-electron chi connectivity index (χ0n) is 10.6. The average Bonchev–Trinajstić information content (AvgIpc) is 2.61. The molecule has 5 heteroatoms. The molecule has 96 valence electrons. The molecule has 0 radical (unpaired) electrons. The van der Waals surface area contributed by atoms with Crippen LogP contribution in [0.25, 0.3) is 0 Å². The van der Waals surface area contributed by atoms with E-state index in [1.54, 1.807) is 0 Å². The van der Waals surface area contributed by atoms with E-state index in [4.69, 9.17) is 11.6 Å². The first kappa shape index (κ1) is 13.4. The fraction of sp³-hybridized carbons (Fsp3) is 0.308. The summed E-state index contributed by atoms with van der Waals surface area (Å²) < 4.78 is 2.84. The second-order valence-electron chi connectivity index (χ2n) is 4.35. The zero-order chi connectivity index (χ0) is 13.3. The molecule has 0 saturated carbocycles. The monoisotopic (exact) mass is 327 g/mol. The minimum absolute atomic E-state index is 0.734. The minimum Gasteiger partial charge on any atom is -0.380 e. The van der Waals surface area contributed by atoms with Crippen molar-refractivity contribution in [1.29, 1.82) is 0 Å². The fourth-order valence-electron chi connectivity index (χ4n) is 1.79. The van der Waals surface area contributed by atoms with Crippen molar-refractivity contribution >= 4 is 33.2 Å². The van der Waals surface area contributed by atoms with Gasteiger partial charge < -0.3 is 5.32 Å². The smallest absolute Gasteiger partial charge is 0.0643 e. The lowest BCUT2D eigenvalue weighted by Gasteiger charge is -2.10. The number of nitrogens with one attached hydrogen (secondary N) is 1. The number of benzene rings is 1. The SMILES string of the molecule is Cc1cc(Br)c(NCc2cn(C)nc2C)cc1Cl. The standard InChI is InChI=1S/C13H15BrClN3/c1-8-4-11(14)13(5-12(8)15)16-6-10-7-18(3)17-9(10)2/h4-5,7,16H,6H2,1-3H3. The highest BCUT2D eigenvalue weighted by Crippen LogP contribution is 2.29. The highest BCUT2D eigenvalue weighted by molar-refractivity contribution is 9.10. The van der Waals surface area contributed by atoms with Gasteiger partial charge in [-0.25, -0.2) is 0 Å². The molecule has 0 spiro atoms. The summed E-state index contributed by atoms with van der Waals surface area (Å²) in [6, 6.07) is 3.95. The van der Waals surface area contributed by atoms with Crippen LogP contribution in [0.5, 0.6) is 0 Å². The van der Waals surface area contributed by atoms with Gasteiger partial charge in [-0.05, 0) is 47.5 Å². The third kappa shape index (κ3) is 2.87. The van der Waals surface area contributed by atoms with Crippen molar-refractivity contribution in [3.05, 3.63) is 44.6 Å². The molecule has 3 nitrogen and oxygen atoms in total. The van der Waals surface area contributed by atoms with Crippen molar-refractivity contribution in [2.24, 2.45) is 7.05 Å². The molecule has 0 atom stereocenters. The van der Waals surface area contributed by atoms with Gasteiger partial charge >= 0.3 is 0 Å². The number of nitrogens with zero attached hydrogens (tertiary/aromatic N) is 2. The summed E-state index contributed by atoms with van der Waals surface area (Å²) in [5, 5.41) is 8.45. The molecule has 2 aromatic rings. The summed E-state index contributed by atoms with van der Waals surface area (Å²) in [5.74, 6) is 0. The number of rotatable bonds is 3. The maximum Gasteiger partial charge on any atom is 0.0643 e. The summed E-state index contributed by atoms with van der Waals surface area (Å²) >= 11 is 9.66. The van der Waals surface area contributed by atoms with Crippen LogP contribution in [0, 0.1) is 13.8 Å². The van der Waals surface area contributed by atoms with Crippen LogP contribution in [0.15, 0.2) is 22.8 Å². The zero-order valence-corrected chi connectivity index (χ0v) is 12.9. The van der Waals surface area contributed by atoms with Gasteiger partial charge in [-0.1, -0.05) is 11.6 Å². The maximum atomic E-state index is 6.13. The van der Waals surface area contributed by atoms with Crippen LogP contribution in [0.3, 0.4) is 0 Å². The Labute approximate surface area is 120 Å². The van der Waals surface area contributed by atoms with Crippen LogP contribution in [0.4, 0.5) is 5.69 Å². The first-order valence-electron chi connectivity index (χ1n) is 5.66. The maximum absolute atomic E-state index is 6.13. The van der Waals surface area contributed by atoms with Crippen molar-refractivity contribution in [1.82, 2.24) is 9.78 Å². The molecule has 0 saturated heterocycles. The molecule has 2 rings (SSSR count). The summed E-state index contributed by atoms with van der Waals surface area (Å²) in [6.45, 7) is 4.73. The Bertz CT molecular complexity index is 578. The van der Waals surface area contributed by atoms with Gasteiger partial charge in [-0.15, -0.1) is 0 Å². The van der Waals surface area contributed by atoms with Gasteiger partial charge in [0.25, 0.3) is 0 Å². The Morgan fingerprint density at radius 1 is 1.39 bits per heavy atom. The number of aryl methyl sites for hydroxylation is 3. The second-order valence-corrected chi connectivity index (χ2v) is 5.61. The van der Waals surface area contributed by atoms with Gasteiger partial charge in [0.2, 0.25) is 0 Å². The molecule has 0 unspecified atom stereocenters. The highest BCUT2D eigenvalue weighted by atomic mass is 79.9. The molecule has 1 N–H and O–H groups in total.